The maximum absolute atomic E-state index is 13.5. The predicted octanol–water partition coefficient (Wildman–Crippen LogP) is 2.58. The van der Waals surface area contributed by atoms with Crippen molar-refractivity contribution >= 4 is 5.91 Å². The van der Waals surface area contributed by atoms with Crippen molar-refractivity contribution in [1.82, 2.24) is 5.32 Å². The second kappa shape index (κ2) is 7.24. The Labute approximate surface area is 114 Å². The van der Waals surface area contributed by atoms with Gasteiger partial charge in [0, 0.05) is 19.0 Å². The van der Waals surface area contributed by atoms with Crippen LogP contribution >= 0.6 is 0 Å². The molecule has 0 aromatic heterocycles. The summed E-state index contributed by atoms with van der Waals surface area (Å²) < 4.78 is 13.5. The largest absolute Gasteiger partial charge is 0.352 e. The van der Waals surface area contributed by atoms with Crippen LogP contribution in [-0.4, -0.2) is 11.9 Å². The van der Waals surface area contributed by atoms with Gasteiger partial charge in [-0.15, -0.1) is 0 Å². The van der Waals surface area contributed by atoms with Crippen LogP contribution in [0.5, 0.6) is 0 Å². The first kappa shape index (κ1) is 15.6. The molecule has 19 heavy (non-hydrogen) atoms. The van der Waals surface area contributed by atoms with Crippen molar-refractivity contribution in [2.24, 2.45) is 5.73 Å². The molecule has 0 aliphatic rings. The third kappa shape index (κ3) is 4.99. The van der Waals surface area contributed by atoms with E-state index < -0.39 is 0 Å². The number of benzene rings is 1. The highest BCUT2D eigenvalue weighted by Gasteiger charge is 2.09. The molecule has 1 rings (SSSR count). The number of nitrogens with two attached hydrogens (primary N) is 1. The number of halogens is 1. The molecule has 0 aliphatic heterocycles. The fraction of sp³-hybridized carbons (Fsp3) is 0.533. The van der Waals surface area contributed by atoms with Crippen LogP contribution in [0.2, 0.25) is 0 Å². The molecule has 0 saturated heterocycles. The number of carbonyl (C=O) groups is 1. The van der Waals surface area contributed by atoms with Crippen molar-refractivity contribution in [3.05, 3.63) is 34.6 Å². The van der Waals surface area contributed by atoms with E-state index in [1.165, 1.54) is 0 Å². The van der Waals surface area contributed by atoms with Crippen molar-refractivity contribution in [1.29, 1.82) is 0 Å². The van der Waals surface area contributed by atoms with E-state index in [2.05, 4.69) is 5.32 Å². The molecule has 1 amide bonds. The molecule has 1 atom stereocenters. The van der Waals surface area contributed by atoms with Crippen molar-refractivity contribution in [3.63, 3.8) is 0 Å². The molecule has 0 aliphatic carbocycles. The van der Waals surface area contributed by atoms with E-state index in [1.54, 1.807) is 26.0 Å². The Morgan fingerprint density at radius 1 is 1.37 bits per heavy atom. The normalized spacial score (nSPS) is 12.3. The van der Waals surface area contributed by atoms with Gasteiger partial charge in [-0.05, 0) is 37.0 Å². The first-order chi connectivity index (χ1) is 8.93. The highest BCUT2D eigenvalue weighted by molar-refractivity contribution is 5.76. The lowest BCUT2D eigenvalue weighted by Gasteiger charge is -2.11. The topological polar surface area (TPSA) is 55.1 Å². The zero-order chi connectivity index (χ0) is 14.4. The second-order valence-electron chi connectivity index (χ2n) is 5.07. The Balaban J connectivity index is 2.51. The smallest absolute Gasteiger partial charge is 0.221 e. The molecule has 0 radical (unpaired) electrons. The van der Waals surface area contributed by atoms with Gasteiger partial charge in [0.05, 0.1) is 0 Å². The molecule has 3 N–H and O–H groups in total. The van der Waals surface area contributed by atoms with E-state index in [4.69, 9.17) is 5.73 Å². The van der Waals surface area contributed by atoms with Gasteiger partial charge < -0.3 is 11.1 Å². The zero-order valence-corrected chi connectivity index (χ0v) is 11.9. The van der Waals surface area contributed by atoms with Crippen LogP contribution in [0.25, 0.3) is 0 Å². The van der Waals surface area contributed by atoms with Crippen LogP contribution < -0.4 is 11.1 Å². The summed E-state index contributed by atoms with van der Waals surface area (Å²) in [6.45, 7) is 5.91. The van der Waals surface area contributed by atoms with E-state index in [0.29, 0.717) is 24.1 Å². The van der Waals surface area contributed by atoms with Gasteiger partial charge in [-0.25, -0.2) is 4.39 Å². The lowest BCUT2D eigenvalue weighted by atomic mass is 10.1. The Morgan fingerprint density at radius 2 is 1.95 bits per heavy atom. The zero-order valence-electron chi connectivity index (χ0n) is 11.9. The number of hydrogen-bond acceptors (Lipinski definition) is 2. The van der Waals surface area contributed by atoms with E-state index in [-0.39, 0.29) is 17.8 Å². The van der Waals surface area contributed by atoms with Gasteiger partial charge in [-0.3, -0.25) is 4.79 Å². The highest BCUT2D eigenvalue weighted by Crippen LogP contribution is 2.14. The molecule has 0 heterocycles. The van der Waals surface area contributed by atoms with Crippen molar-refractivity contribution < 1.29 is 9.18 Å². The Kier molecular flexibility index (Phi) is 5.96. The third-order valence-corrected chi connectivity index (χ3v) is 3.09. The van der Waals surface area contributed by atoms with Gasteiger partial charge in [0.1, 0.15) is 5.82 Å². The summed E-state index contributed by atoms with van der Waals surface area (Å²) in [5.74, 6) is -0.236. The first-order valence-corrected chi connectivity index (χ1v) is 6.72. The third-order valence-electron chi connectivity index (χ3n) is 3.09. The van der Waals surface area contributed by atoms with Crippen LogP contribution in [-0.2, 0) is 11.3 Å². The van der Waals surface area contributed by atoms with Crippen LogP contribution in [0.1, 0.15) is 42.9 Å². The standard InChI is InChI=1S/C15H23FN2O/c1-4-5-13(17)8-14(19)18-9-12-6-10(2)15(16)11(3)7-12/h6-7,13H,4-5,8-9,17H2,1-3H3,(H,18,19). The van der Waals surface area contributed by atoms with Gasteiger partial charge in [0.25, 0.3) is 0 Å². The lowest BCUT2D eigenvalue weighted by molar-refractivity contribution is -0.121. The minimum Gasteiger partial charge on any atom is -0.352 e. The predicted molar refractivity (Wildman–Crippen MR) is 75.2 cm³/mol. The maximum atomic E-state index is 13.5. The quantitative estimate of drug-likeness (QED) is 0.831. The molecule has 0 fully saturated rings. The van der Waals surface area contributed by atoms with Crippen LogP contribution in [0, 0.1) is 19.7 Å². The van der Waals surface area contributed by atoms with Gasteiger partial charge in [-0.2, -0.15) is 0 Å². The van der Waals surface area contributed by atoms with Gasteiger partial charge in [0.2, 0.25) is 5.91 Å². The van der Waals surface area contributed by atoms with Crippen molar-refractivity contribution in [3.8, 4) is 0 Å². The first-order valence-electron chi connectivity index (χ1n) is 6.72. The SMILES string of the molecule is CCCC(N)CC(=O)NCc1cc(C)c(F)c(C)c1. The summed E-state index contributed by atoms with van der Waals surface area (Å²) >= 11 is 0. The second-order valence-corrected chi connectivity index (χ2v) is 5.07. The average molecular weight is 266 g/mol. The van der Waals surface area contributed by atoms with Gasteiger partial charge in [-0.1, -0.05) is 25.5 Å². The van der Waals surface area contributed by atoms with E-state index in [9.17, 15) is 9.18 Å². The average Bonchev–Trinajstić information content (AvgIpc) is 2.33. The van der Waals surface area contributed by atoms with Crippen LogP contribution in [0.15, 0.2) is 12.1 Å². The molecule has 1 unspecified atom stereocenters. The van der Waals surface area contributed by atoms with E-state index in [0.717, 1.165) is 18.4 Å². The number of aryl methyl sites for hydroxylation is 2. The van der Waals surface area contributed by atoms with Gasteiger partial charge in [0.15, 0.2) is 0 Å². The number of hydrogen-bond donors (Lipinski definition) is 2. The van der Waals surface area contributed by atoms with Crippen molar-refractivity contribution in [2.45, 2.75) is 52.6 Å². The minimum absolute atomic E-state index is 0.0550. The maximum Gasteiger partial charge on any atom is 0.221 e. The van der Waals surface area contributed by atoms with Crippen LogP contribution in [0.4, 0.5) is 4.39 Å². The monoisotopic (exact) mass is 266 g/mol. The number of rotatable bonds is 6. The van der Waals surface area contributed by atoms with Crippen LogP contribution in [0.3, 0.4) is 0 Å². The number of nitrogens with one attached hydrogen (secondary N) is 1. The molecule has 106 valence electrons. The summed E-state index contributed by atoms with van der Waals surface area (Å²) in [4.78, 5) is 11.7. The minimum atomic E-state index is -0.181. The highest BCUT2D eigenvalue weighted by atomic mass is 19.1. The molecule has 0 saturated carbocycles. The summed E-state index contributed by atoms with van der Waals surface area (Å²) in [6, 6.07) is 3.44. The summed E-state index contributed by atoms with van der Waals surface area (Å²) in [5.41, 5.74) is 7.93. The number of carbonyl (C=O) groups excluding carboxylic acids is 1. The molecule has 0 spiro atoms. The molecule has 1 aromatic carbocycles. The van der Waals surface area contributed by atoms with Crippen molar-refractivity contribution in [2.75, 3.05) is 0 Å². The van der Waals surface area contributed by atoms with E-state index in [1.807, 2.05) is 6.92 Å². The Bertz CT molecular complexity index is 423. The fourth-order valence-corrected chi connectivity index (χ4v) is 2.12. The van der Waals surface area contributed by atoms with Gasteiger partial charge >= 0.3 is 0 Å². The molecular formula is C15H23FN2O. The molecule has 0 bridgehead atoms. The summed E-state index contributed by atoms with van der Waals surface area (Å²) in [6.07, 6.45) is 2.17. The molecular weight excluding hydrogens is 243 g/mol. The molecule has 1 aromatic rings. The lowest BCUT2D eigenvalue weighted by Crippen LogP contribution is -2.31. The number of amides is 1. The fourth-order valence-electron chi connectivity index (χ4n) is 2.12. The summed E-state index contributed by atoms with van der Waals surface area (Å²) in [5, 5.41) is 2.82. The Morgan fingerprint density at radius 3 is 2.47 bits per heavy atom. The molecule has 4 heteroatoms. The van der Waals surface area contributed by atoms with E-state index >= 15 is 0 Å². The summed E-state index contributed by atoms with van der Waals surface area (Å²) in [7, 11) is 0. The molecule has 3 nitrogen and oxygen atoms in total. The Hall–Kier alpha value is -1.42.